The van der Waals surface area contributed by atoms with E-state index in [1.165, 1.54) is 11.8 Å². The first-order chi connectivity index (χ1) is 19.4. The Bertz CT molecular complexity index is 1540. The third-order valence-electron chi connectivity index (χ3n) is 6.59. The average Bonchev–Trinajstić information content (AvgIpc) is 2.98. The Labute approximate surface area is 239 Å². The number of nitriles is 1. The van der Waals surface area contributed by atoms with Crippen LogP contribution < -0.4 is 19.5 Å². The van der Waals surface area contributed by atoms with Gasteiger partial charge in [-0.15, -0.1) is 11.8 Å². The molecule has 0 aliphatic rings. The first-order valence-electron chi connectivity index (χ1n) is 12.7. The second-order valence-electron chi connectivity index (χ2n) is 9.02. The summed E-state index contributed by atoms with van der Waals surface area (Å²) in [6.45, 7) is 4.00. The molecular weight excluding hydrogens is 522 g/mol. The van der Waals surface area contributed by atoms with Gasteiger partial charge < -0.3 is 19.5 Å². The van der Waals surface area contributed by atoms with Crippen molar-refractivity contribution in [1.82, 2.24) is 4.98 Å². The summed E-state index contributed by atoms with van der Waals surface area (Å²) in [6.07, 6.45) is 0.264. The van der Waals surface area contributed by atoms with Crippen LogP contribution in [0.5, 0.6) is 17.2 Å². The lowest BCUT2D eigenvalue weighted by molar-refractivity contribution is -0.115. The van der Waals surface area contributed by atoms with E-state index in [9.17, 15) is 10.1 Å². The minimum atomic E-state index is -0.0937. The maximum absolute atomic E-state index is 12.7. The molecular formula is C32H31N3O4S. The highest BCUT2D eigenvalue weighted by molar-refractivity contribution is 7.99. The van der Waals surface area contributed by atoms with Gasteiger partial charge in [-0.05, 0) is 54.8 Å². The molecule has 1 N–H and O–H groups in total. The Morgan fingerprint density at radius 1 is 0.925 bits per heavy atom. The van der Waals surface area contributed by atoms with Crippen molar-refractivity contribution in [2.75, 3.05) is 32.4 Å². The highest BCUT2D eigenvalue weighted by atomic mass is 32.2. The van der Waals surface area contributed by atoms with Crippen LogP contribution in [0.3, 0.4) is 0 Å². The van der Waals surface area contributed by atoms with E-state index in [1.54, 1.807) is 21.3 Å². The molecule has 1 aromatic heterocycles. The molecule has 0 radical (unpaired) electrons. The second kappa shape index (κ2) is 13.0. The van der Waals surface area contributed by atoms with Crippen LogP contribution in [0.4, 0.5) is 5.69 Å². The zero-order chi connectivity index (χ0) is 28.6. The largest absolute Gasteiger partial charge is 0.493 e. The third-order valence-corrected chi connectivity index (χ3v) is 7.57. The molecule has 0 saturated heterocycles. The van der Waals surface area contributed by atoms with Crippen LogP contribution in [-0.2, 0) is 4.79 Å². The van der Waals surface area contributed by atoms with Crippen molar-refractivity contribution >= 4 is 23.4 Å². The fraction of sp³-hybridized carbons (Fsp3) is 0.219. The third kappa shape index (κ3) is 6.22. The summed E-state index contributed by atoms with van der Waals surface area (Å²) in [7, 11) is 4.66. The predicted octanol–water partition coefficient (Wildman–Crippen LogP) is 7.05. The SMILES string of the molecule is COc1cc(-c2cc(-c3ccccc3)nc(SCCC(=O)Nc3cccc(C)c3C)c2C#N)cc(OC)c1OC. The second-order valence-corrected chi connectivity index (χ2v) is 10.1. The number of aromatic nitrogens is 1. The van der Waals surface area contributed by atoms with E-state index >= 15 is 0 Å². The lowest BCUT2D eigenvalue weighted by atomic mass is 9.98. The van der Waals surface area contributed by atoms with Gasteiger partial charge in [0, 0.05) is 29.0 Å². The van der Waals surface area contributed by atoms with Gasteiger partial charge in [0.25, 0.3) is 0 Å². The number of nitrogens with zero attached hydrogens (tertiary/aromatic N) is 2. The molecule has 7 nitrogen and oxygen atoms in total. The van der Waals surface area contributed by atoms with E-state index in [-0.39, 0.29) is 12.3 Å². The molecule has 0 aliphatic carbocycles. The fourth-order valence-electron chi connectivity index (χ4n) is 4.29. The molecule has 0 spiro atoms. The first kappa shape index (κ1) is 28.5. The summed E-state index contributed by atoms with van der Waals surface area (Å²) in [4.78, 5) is 17.6. The van der Waals surface area contributed by atoms with Crippen molar-refractivity contribution in [1.29, 1.82) is 5.26 Å². The van der Waals surface area contributed by atoms with Gasteiger partial charge in [-0.3, -0.25) is 4.79 Å². The number of amides is 1. The molecule has 3 aromatic carbocycles. The Hall–Kier alpha value is -4.48. The Morgan fingerprint density at radius 3 is 2.25 bits per heavy atom. The molecule has 4 aromatic rings. The summed E-state index contributed by atoms with van der Waals surface area (Å²) in [5.41, 5.74) is 6.41. The number of thioether (sulfide) groups is 1. The summed E-state index contributed by atoms with van der Waals surface area (Å²) in [5, 5.41) is 13.8. The van der Waals surface area contributed by atoms with E-state index < -0.39 is 0 Å². The maximum Gasteiger partial charge on any atom is 0.225 e. The van der Waals surface area contributed by atoms with E-state index in [0.717, 1.165) is 27.9 Å². The monoisotopic (exact) mass is 553 g/mol. The van der Waals surface area contributed by atoms with Gasteiger partial charge in [-0.1, -0.05) is 42.5 Å². The van der Waals surface area contributed by atoms with Gasteiger partial charge in [0.1, 0.15) is 11.1 Å². The van der Waals surface area contributed by atoms with E-state index in [4.69, 9.17) is 19.2 Å². The Kier molecular flexibility index (Phi) is 9.31. The van der Waals surface area contributed by atoms with Crippen molar-refractivity contribution in [3.63, 3.8) is 0 Å². The summed E-state index contributed by atoms with van der Waals surface area (Å²) >= 11 is 1.38. The van der Waals surface area contributed by atoms with Crippen LogP contribution in [0.1, 0.15) is 23.1 Å². The van der Waals surface area contributed by atoms with Crippen molar-refractivity contribution < 1.29 is 19.0 Å². The fourth-order valence-corrected chi connectivity index (χ4v) is 5.24. The van der Waals surface area contributed by atoms with Gasteiger partial charge in [-0.25, -0.2) is 4.98 Å². The zero-order valence-electron chi connectivity index (χ0n) is 23.2. The number of benzene rings is 3. The average molecular weight is 554 g/mol. The van der Waals surface area contributed by atoms with E-state index in [2.05, 4.69) is 11.4 Å². The standard InChI is InChI=1S/C32H31N3O4S/c1-20-10-9-13-26(21(20)2)34-30(36)14-15-40-32-25(19-33)24(18-27(35-32)22-11-7-6-8-12-22)23-16-28(37-3)31(39-5)29(17-23)38-4/h6-13,16-18H,14-15H2,1-5H3,(H,34,36). The van der Waals surface area contributed by atoms with Gasteiger partial charge in [0.2, 0.25) is 11.7 Å². The minimum absolute atomic E-state index is 0.0937. The predicted molar refractivity (Wildman–Crippen MR) is 159 cm³/mol. The molecule has 204 valence electrons. The summed E-state index contributed by atoms with van der Waals surface area (Å²) in [6, 6.07) is 23.5. The smallest absolute Gasteiger partial charge is 0.225 e. The maximum atomic E-state index is 12.7. The number of anilines is 1. The van der Waals surface area contributed by atoms with Gasteiger partial charge in [0.15, 0.2) is 11.5 Å². The van der Waals surface area contributed by atoms with Crippen LogP contribution in [0.2, 0.25) is 0 Å². The zero-order valence-corrected chi connectivity index (χ0v) is 24.0. The van der Waals surface area contributed by atoms with Gasteiger partial charge in [0.05, 0.1) is 32.6 Å². The number of ether oxygens (including phenoxy) is 3. The van der Waals surface area contributed by atoms with Gasteiger partial charge >= 0.3 is 0 Å². The van der Waals surface area contributed by atoms with Crippen LogP contribution in [0.15, 0.2) is 71.8 Å². The van der Waals surface area contributed by atoms with Crippen LogP contribution in [0, 0.1) is 25.2 Å². The number of pyridine rings is 1. The molecule has 0 fully saturated rings. The van der Waals surface area contributed by atoms with Crippen LogP contribution in [-0.4, -0.2) is 38.0 Å². The minimum Gasteiger partial charge on any atom is -0.493 e. The lowest BCUT2D eigenvalue weighted by Crippen LogP contribution is -2.13. The molecule has 4 rings (SSSR count). The molecule has 0 aliphatic heterocycles. The van der Waals surface area contributed by atoms with Crippen molar-refractivity contribution in [2.45, 2.75) is 25.3 Å². The van der Waals surface area contributed by atoms with Crippen LogP contribution >= 0.6 is 11.8 Å². The Balaban J connectivity index is 1.70. The molecule has 0 atom stereocenters. The normalized spacial score (nSPS) is 10.5. The molecule has 40 heavy (non-hydrogen) atoms. The highest BCUT2D eigenvalue weighted by Gasteiger charge is 2.20. The van der Waals surface area contributed by atoms with E-state index in [0.29, 0.717) is 44.8 Å². The van der Waals surface area contributed by atoms with Crippen molar-refractivity contribution in [2.24, 2.45) is 0 Å². The number of aryl methyl sites for hydroxylation is 1. The van der Waals surface area contributed by atoms with Gasteiger partial charge in [-0.2, -0.15) is 5.26 Å². The van der Waals surface area contributed by atoms with E-state index in [1.807, 2.05) is 80.6 Å². The molecule has 8 heteroatoms. The number of carbonyl (C=O) groups excluding carboxylic acids is 1. The number of nitrogens with one attached hydrogen (secondary N) is 1. The summed E-state index contributed by atoms with van der Waals surface area (Å²) < 4.78 is 16.6. The molecule has 1 amide bonds. The topological polar surface area (TPSA) is 93.5 Å². The first-order valence-corrected chi connectivity index (χ1v) is 13.7. The van der Waals surface area contributed by atoms with Crippen molar-refractivity contribution in [3.05, 3.63) is 83.4 Å². The highest BCUT2D eigenvalue weighted by Crippen LogP contribution is 2.43. The number of methoxy groups -OCH3 is 3. The molecule has 0 unspecified atom stereocenters. The lowest BCUT2D eigenvalue weighted by Gasteiger charge is -2.17. The number of carbonyl (C=O) groups is 1. The van der Waals surface area contributed by atoms with Crippen molar-refractivity contribution in [3.8, 4) is 45.7 Å². The quantitative estimate of drug-likeness (QED) is 0.210. The Morgan fingerprint density at radius 2 is 1.62 bits per heavy atom. The number of hydrogen-bond acceptors (Lipinski definition) is 7. The molecule has 0 bridgehead atoms. The summed E-state index contributed by atoms with van der Waals surface area (Å²) in [5.74, 6) is 1.79. The number of rotatable bonds is 10. The van der Waals surface area contributed by atoms with Crippen LogP contribution in [0.25, 0.3) is 22.4 Å². The molecule has 1 heterocycles. The number of hydrogen-bond donors (Lipinski definition) is 1. The molecule has 0 saturated carbocycles.